The summed E-state index contributed by atoms with van der Waals surface area (Å²) in [6.07, 6.45) is 2.74. The van der Waals surface area contributed by atoms with E-state index in [4.69, 9.17) is 19.8 Å². The number of benzene rings is 1. The van der Waals surface area contributed by atoms with E-state index in [1.165, 1.54) is 6.08 Å². The molecule has 1 aliphatic rings. The second kappa shape index (κ2) is 13.8. The van der Waals surface area contributed by atoms with Crippen LogP contribution in [0.2, 0.25) is 0 Å². The number of alkyl halides is 3. The molecule has 2 rings (SSSR count). The van der Waals surface area contributed by atoms with E-state index in [9.17, 15) is 22.8 Å². The van der Waals surface area contributed by atoms with E-state index in [0.29, 0.717) is 18.9 Å². The quantitative estimate of drug-likeness (QED) is 0.172. The molecule has 35 heavy (non-hydrogen) atoms. The first kappa shape index (κ1) is 30.1. The molecule has 1 aromatic rings. The molecule has 0 spiro atoms. The van der Waals surface area contributed by atoms with Crippen molar-refractivity contribution < 1.29 is 42.6 Å². The zero-order valence-electron chi connectivity index (χ0n) is 20.0. The van der Waals surface area contributed by atoms with Gasteiger partial charge in [0.2, 0.25) is 0 Å². The van der Waals surface area contributed by atoms with Gasteiger partial charge in [0.15, 0.2) is 0 Å². The van der Waals surface area contributed by atoms with Gasteiger partial charge in [-0.15, -0.1) is 0 Å². The number of carboxylic acid groups (broad SMARTS) is 1. The number of aliphatic carboxylic acids is 1. The Bertz CT molecular complexity index is 865. The Kier molecular flexibility index (Phi) is 11.9. The maximum atomic E-state index is 12.9. The molecule has 1 aliphatic carbocycles. The highest BCUT2D eigenvalue weighted by Gasteiger charge is 2.38. The van der Waals surface area contributed by atoms with Crippen LogP contribution in [-0.4, -0.2) is 46.0 Å². The topological polar surface area (TPSA) is 125 Å². The number of carboxylic acids is 1. The van der Waals surface area contributed by atoms with Gasteiger partial charge in [0.05, 0.1) is 0 Å². The van der Waals surface area contributed by atoms with Crippen LogP contribution >= 0.6 is 0 Å². The van der Waals surface area contributed by atoms with E-state index in [1.807, 2.05) is 31.2 Å². The van der Waals surface area contributed by atoms with E-state index in [2.05, 4.69) is 19.2 Å². The molecule has 0 saturated heterocycles. The maximum Gasteiger partial charge on any atom is 0.490 e. The minimum atomic E-state index is -5.08. The van der Waals surface area contributed by atoms with Crippen LogP contribution in [-0.2, 0) is 25.7 Å². The Hall–Kier alpha value is -2.92. The molecule has 11 heteroatoms. The average Bonchev–Trinajstić information content (AvgIpc) is 3.29. The molecule has 8 nitrogen and oxygen atoms in total. The average molecular weight is 503 g/mol. The minimum Gasteiger partial charge on any atom is -0.475 e. The van der Waals surface area contributed by atoms with Gasteiger partial charge < -0.3 is 9.84 Å². The van der Waals surface area contributed by atoms with Crippen molar-refractivity contribution in [3.05, 3.63) is 41.5 Å². The van der Waals surface area contributed by atoms with Crippen molar-refractivity contribution in [3.63, 3.8) is 0 Å². The normalized spacial score (nSPS) is 15.9. The molecule has 0 aliphatic heterocycles. The highest BCUT2D eigenvalue weighted by molar-refractivity contribution is 5.90. The molecule has 1 aromatic carbocycles. The SMILES string of the molecule is CC(C)C[C@@](C)(NCc1ccc(/C=C/C(=O)NO)cc1)C(=O)OC1CCCC1.O=C(O)C(F)(F)F. The summed E-state index contributed by atoms with van der Waals surface area (Å²) >= 11 is 0. The van der Waals surface area contributed by atoms with E-state index in [0.717, 1.165) is 36.8 Å². The second-order valence-electron chi connectivity index (χ2n) is 8.95. The first-order valence-electron chi connectivity index (χ1n) is 11.2. The predicted molar refractivity (Wildman–Crippen MR) is 122 cm³/mol. The van der Waals surface area contributed by atoms with Crippen LogP contribution in [0.3, 0.4) is 0 Å². The number of hydroxylamine groups is 1. The molecular weight excluding hydrogens is 469 g/mol. The van der Waals surface area contributed by atoms with Gasteiger partial charge in [-0.25, -0.2) is 10.3 Å². The highest BCUT2D eigenvalue weighted by Crippen LogP contribution is 2.25. The maximum absolute atomic E-state index is 12.9. The van der Waals surface area contributed by atoms with Crippen LogP contribution in [0.5, 0.6) is 0 Å². The van der Waals surface area contributed by atoms with Gasteiger partial charge >= 0.3 is 18.1 Å². The van der Waals surface area contributed by atoms with E-state index in [1.54, 1.807) is 11.6 Å². The lowest BCUT2D eigenvalue weighted by molar-refractivity contribution is -0.192. The van der Waals surface area contributed by atoms with Crippen molar-refractivity contribution in [1.82, 2.24) is 10.8 Å². The zero-order chi connectivity index (χ0) is 26.6. The van der Waals surface area contributed by atoms with Crippen molar-refractivity contribution >= 4 is 23.9 Å². The lowest BCUT2D eigenvalue weighted by atomic mass is 9.90. The molecule has 0 aromatic heterocycles. The number of hydrogen-bond acceptors (Lipinski definition) is 6. The van der Waals surface area contributed by atoms with Crippen LogP contribution < -0.4 is 10.8 Å². The summed E-state index contributed by atoms with van der Waals surface area (Å²) in [6, 6.07) is 7.66. The predicted octanol–water partition coefficient (Wildman–Crippen LogP) is 4.22. The molecule has 0 radical (unpaired) electrons. The Morgan fingerprint density at radius 1 is 1.14 bits per heavy atom. The van der Waals surface area contributed by atoms with Gasteiger partial charge in [-0.1, -0.05) is 38.1 Å². The second-order valence-corrected chi connectivity index (χ2v) is 8.95. The van der Waals surface area contributed by atoms with Crippen molar-refractivity contribution in [1.29, 1.82) is 0 Å². The Morgan fingerprint density at radius 3 is 2.14 bits per heavy atom. The first-order chi connectivity index (χ1) is 16.3. The zero-order valence-corrected chi connectivity index (χ0v) is 20.0. The molecular formula is C24H33F3N2O6. The largest absolute Gasteiger partial charge is 0.490 e. The van der Waals surface area contributed by atoms with Crippen LogP contribution in [0.25, 0.3) is 6.08 Å². The molecule has 0 bridgehead atoms. The fourth-order valence-electron chi connectivity index (χ4n) is 3.58. The molecule has 196 valence electrons. The number of carbonyl (C=O) groups excluding carboxylic acids is 2. The van der Waals surface area contributed by atoms with Gasteiger partial charge in [0, 0.05) is 12.6 Å². The van der Waals surface area contributed by atoms with Crippen molar-refractivity contribution in [2.24, 2.45) is 5.92 Å². The van der Waals surface area contributed by atoms with Gasteiger partial charge in [-0.05, 0) is 62.1 Å². The molecule has 1 atom stereocenters. The third kappa shape index (κ3) is 11.4. The summed E-state index contributed by atoms with van der Waals surface area (Å²) in [6.45, 7) is 6.68. The lowest BCUT2D eigenvalue weighted by Gasteiger charge is -2.31. The number of ether oxygens (including phenoxy) is 1. The van der Waals surface area contributed by atoms with E-state index in [-0.39, 0.29) is 12.1 Å². The molecule has 0 heterocycles. The minimum absolute atomic E-state index is 0.0583. The summed E-state index contributed by atoms with van der Waals surface area (Å²) in [5.41, 5.74) is 2.71. The fraction of sp³-hybridized carbons (Fsp3) is 0.542. The van der Waals surface area contributed by atoms with Gasteiger partial charge in [0.25, 0.3) is 5.91 Å². The van der Waals surface area contributed by atoms with Crippen molar-refractivity contribution in [2.45, 2.75) is 77.2 Å². The van der Waals surface area contributed by atoms with Gasteiger partial charge in [-0.3, -0.25) is 20.1 Å². The first-order valence-corrected chi connectivity index (χ1v) is 11.2. The number of nitrogens with one attached hydrogen (secondary N) is 2. The lowest BCUT2D eigenvalue weighted by Crippen LogP contribution is -2.51. The summed E-state index contributed by atoms with van der Waals surface area (Å²) < 4.78 is 37.5. The highest BCUT2D eigenvalue weighted by atomic mass is 19.4. The number of hydrogen-bond donors (Lipinski definition) is 4. The molecule has 4 N–H and O–H groups in total. The van der Waals surface area contributed by atoms with E-state index < -0.39 is 23.6 Å². The fourth-order valence-corrected chi connectivity index (χ4v) is 3.58. The molecule has 0 unspecified atom stereocenters. The third-order valence-electron chi connectivity index (χ3n) is 5.29. The molecule has 1 amide bonds. The third-order valence-corrected chi connectivity index (χ3v) is 5.29. The smallest absolute Gasteiger partial charge is 0.475 e. The summed E-state index contributed by atoms with van der Waals surface area (Å²) in [7, 11) is 0. The number of amides is 1. The number of halogens is 3. The van der Waals surface area contributed by atoms with Crippen molar-refractivity contribution in [3.8, 4) is 0 Å². The molecule has 1 fully saturated rings. The summed E-state index contributed by atoms with van der Waals surface area (Å²) in [4.78, 5) is 32.8. The van der Waals surface area contributed by atoms with Crippen LogP contribution in [0.1, 0.15) is 64.0 Å². The van der Waals surface area contributed by atoms with Crippen molar-refractivity contribution in [2.75, 3.05) is 0 Å². The summed E-state index contributed by atoms with van der Waals surface area (Å²) in [5, 5.41) is 19.0. The van der Waals surface area contributed by atoms with Crippen LogP contribution in [0.4, 0.5) is 13.2 Å². The van der Waals surface area contributed by atoms with Gasteiger partial charge in [0.1, 0.15) is 11.6 Å². The van der Waals surface area contributed by atoms with Crippen LogP contribution in [0, 0.1) is 5.92 Å². The van der Waals surface area contributed by atoms with Gasteiger partial charge in [-0.2, -0.15) is 13.2 Å². The monoisotopic (exact) mass is 502 g/mol. The number of carbonyl (C=O) groups is 3. The number of esters is 1. The molecule has 1 saturated carbocycles. The van der Waals surface area contributed by atoms with Crippen LogP contribution in [0.15, 0.2) is 30.3 Å². The summed E-state index contributed by atoms with van der Waals surface area (Å²) in [5.74, 6) is -3.13. The Labute approximate surface area is 202 Å². The Morgan fingerprint density at radius 2 is 1.69 bits per heavy atom. The van der Waals surface area contributed by atoms with E-state index >= 15 is 0 Å². The standard InChI is InChI=1S/C22H32N2O4.C2HF3O2/c1-16(2)14-22(3,21(26)28-19-6-4-5-7-19)23-15-18-10-8-17(9-11-18)12-13-20(25)24-27;3-2(4,5)1(6)7/h8-13,16,19,23,27H,4-7,14-15H2,1-3H3,(H,24,25);(H,6,7)/b13-12+;/t22-;/m1./s1. The Balaban J connectivity index is 0.000000762. The number of rotatable bonds is 9.